The number of halogens is 2. The van der Waals surface area contributed by atoms with Crippen LogP contribution in [0.3, 0.4) is 0 Å². The van der Waals surface area contributed by atoms with Crippen molar-refractivity contribution in [3.63, 3.8) is 0 Å². The Labute approximate surface area is 83.5 Å². The minimum atomic E-state index is -0.330. The molecule has 1 heterocycles. The molecule has 13 heavy (non-hydrogen) atoms. The maximum Gasteiger partial charge on any atom is 0.228 e. The van der Waals surface area contributed by atoms with E-state index in [1.165, 1.54) is 12.1 Å². The van der Waals surface area contributed by atoms with Gasteiger partial charge in [0.15, 0.2) is 0 Å². The van der Waals surface area contributed by atoms with Crippen molar-refractivity contribution in [1.29, 1.82) is 0 Å². The molecule has 0 N–H and O–H groups in total. The van der Waals surface area contributed by atoms with Crippen LogP contribution in [-0.4, -0.2) is 12.5 Å². The van der Waals surface area contributed by atoms with E-state index in [9.17, 15) is 9.18 Å². The van der Waals surface area contributed by atoms with Gasteiger partial charge in [-0.3, -0.25) is 4.79 Å². The zero-order valence-corrected chi connectivity index (χ0v) is 8.34. The first-order valence-electron chi connectivity index (χ1n) is 3.93. The molecule has 0 aliphatic carbocycles. The van der Waals surface area contributed by atoms with Crippen molar-refractivity contribution in [1.82, 2.24) is 0 Å². The third kappa shape index (κ3) is 1.58. The zero-order chi connectivity index (χ0) is 9.42. The lowest BCUT2D eigenvalue weighted by Crippen LogP contribution is -2.43. The summed E-state index contributed by atoms with van der Waals surface area (Å²) in [6.07, 6.45) is 0.564. The third-order valence-electron chi connectivity index (χ3n) is 2.01. The number of nitrogens with zero attached hydrogens (tertiary/aromatic N) is 1. The first kappa shape index (κ1) is 8.69. The van der Waals surface area contributed by atoms with Gasteiger partial charge in [0.05, 0.1) is 0 Å². The molecule has 1 aliphatic rings. The average molecular weight is 244 g/mol. The van der Waals surface area contributed by atoms with Gasteiger partial charge in [-0.1, -0.05) is 15.9 Å². The van der Waals surface area contributed by atoms with Crippen LogP contribution >= 0.6 is 15.9 Å². The number of hydrogen-bond donors (Lipinski definition) is 0. The smallest absolute Gasteiger partial charge is 0.228 e. The zero-order valence-electron chi connectivity index (χ0n) is 6.76. The van der Waals surface area contributed by atoms with Crippen molar-refractivity contribution < 1.29 is 9.18 Å². The Morgan fingerprint density at radius 1 is 1.38 bits per heavy atom. The number of anilines is 1. The number of carbonyl (C=O) groups excluding carboxylic acids is 1. The highest BCUT2D eigenvalue weighted by molar-refractivity contribution is 9.10. The molecule has 1 amide bonds. The van der Waals surface area contributed by atoms with E-state index in [0.29, 0.717) is 23.1 Å². The quantitative estimate of drug-likeness (QED) is 0.694. The van der Waals surface area contributed by atoms with Gasteiger partial charge in [0.1, 0.15) is 5.82 Å². The lowest BCUT2D eigenvalue weighted by molar-refractivity contribution is -0.122. The SMILES string of the molecule is O=C1CCN1c1cc(F)cc(Br)c1. The van der Waals surface area contributed by atoms with Crippen molar-refractivity contribution in [2.24, 2.45) is 0 Å². The van der Waals surface area contributed by atoms with Gasteiger partial charge in [-0.05, 0) is 18.2 Å². The van der Waals surface area contributed by atoms with Gasteiger partial charge in [-0.15, -0.1) is 0 Å². The van der Waals surface area contributed by atoms with Gasteiger partial charge < -0.3 is 4.90 Å². The highest BCUT2D eigenvalue weighted by atomic mass is 79.9. The standard InChI is InChI=1S/C9H7BrFNO/c10-6-3-7(11)5-8(4-6)12-2-1-9(12)13/h3-5H,1-2H2. The molecule has 1 aromatic rings. The molecular weight excluding hydrogens is 237 g/mol. The summed E-state index contributed by atoms with van der Waals surface area (Å²) in [6.45, 7) is 0.689. The highest BCUT2D eigenvalue weighted by Gasteiger charge is 2.25. The number of β-lactam (4-membered cyclic amide) rings is 1. The lowest BCUT2D eigenvalue weighted by Gasteiger charge is -2.30. The van der Waals surface area contributed by atoms with E-state index in [1.54, 1.807) is 11.0 Å². The van der Waals surface area contributed by atoms with Crippen LogP contribution in [0, 0.1) is 5.82 Å². The summed E-state index contributed by atoms with van der Waals surface area (Å²) in [6, 6.07) is 4.47. The Kier molecular flexibility index (Phi) is 2.07. The molecule has 68 valence electrons. The summed E-state index contributed by atoms with van der Waals surface area (Å²) in [7, 11) is 0. The maximum absolute atomic E-state index is 12.9. The summed E-state index contributed by atoms with van der Waals surface area (Å²) in [5, 5.41) is 0. The monoisotopic (exact) mass is 243 g/mol. The maximum atomic E-state index is 12.9. The van der Waals surface area contributed by atoms with Crippen LogP contribution in [0.5, 0.6) is 0 Å². The molecule has 1 fully saturated rings. The topological polar surface area (TPSA) is 20.3 Å². The van der Waals surface area contributed by atoms with Crippen LogP contribution in [0.15, 0.2) is 22.7 Å². The minimum Gasteiger partial charge on any atom is -0.312 e. The number of rotatable bonds is 1. The summed E-state index contributed by atoms with van der Waals surface area (Å²) >= 11 is 3.18. The number of carbonyl (C=O) groups is 1. The van der Waals surface area contributed by atoms with Crippen molar-refractivity contribution >= 4 is 27.5 Å². The fourth-order valence-electron chi connectivity index (χ4n) is 1.28. The van der Waals surface area contributed by atoms with Crippen LogP contribution in [0.1, 0.15) is 6.42 Å². The molecule has 0 radical (unpaired) electrons. The third-order valence-corrected chi connectivity index (χ3v) is 2.47. The van der Waals surface area contributed by atoms with E-state index >= 15 is 0 Å². The summed E-state index contributed by atoms with van der Waals surface area (Å²) in [5.74, 6) is -0.276. The van der Waals surface area contributed by atoms with E-state index in [4.69, 9.17) is 0 Å². The molecule has 0 saturated carbocycles. The Morgan fingerprint density at radius 3 is 2.62 bits per heavy atom. The molecule has 2 nitrogen and oxygen atoms in total. The second-order valence-corrected chi connectivity index (χ2v) is 3.84. The van der Waals surface area contributed by atoms with Gasteiger partial charge >= 0.3 is 0 Å². The Balaban J connectivity index is 2.34. The predicted molar refractivity (Wildman–Crippen MR) is 51.1 cm³/mol. The first-order valence-corrected chi connectivity index (χ1v) is 4.72. The van der Waals surface area contributed by atoms with Crippen molar-refractivity contribution in [2.75, 3.05) is 11.4 Å². The van der Waals surface area contributed by atoms with E-state index in [2.05, 4.69) is 15.9 Å². The fraction of sp³-hybridized carbons (Fsp3) is 0.222. The van der Waals surface area contributed by atoms with E-state index in [0.717, 1.165) is 0 Å². The molecule has 0 unspecified atom stereocenters. The first-order chi connectivity index (χ1) is 6.16. The Morgan fingerprint density at radius 2 is 2.15 bits per heavy atom. The van der Waals surface area contributed by atoms with Crippen molar-refractivity contribution in [3.8, 4) is 0 Å². The summed E-state index contributed by atoms with van der Waals surface area (Å²) in [5.41, 5.74) is 0.628. The second kappa shape index (κ2) is 3.10. The average Bonchev–Trinajstić information content (AvgIpc) is 1.99. The molecule has 0 aromatic heterocycles. The van der Waals surface area contributed by atoms with Gasteiger partial charge in [-0.25, -0.2) is 4.39 Å². The molecule has 2 rings (SSSR count). The van der Waals surface area contributed by atoms with Crippen LogP contribution in [0.25, 0.3) is 0 Å². The van der Waals surface area contributed by atoms with Crippen molar-refractivity contribution in [3.05, 3.63) is 28.5 Å². The molecule has 0 spiro atoms. The molecule has 1 saturated heterocycles. The van der Waals surface area contributed by atoms with Gasteiger partial charge in [0, 0.05) is 23.1 Å². The van der Waals surface area contributed by atoms with E-state index in [1.807, 2.05) is 0 Å². The van der Waals surface area contributed by atoms with Crippen LogP contribution < -0.4 is 4.90 Å². The van der Waals surface area contributed by atoms with Gasteiger partial charge in [0.2, 0.25) is 5.91 Å². The Hall–Kier alpha value is -0.900. The van der Waals surface area contributed by atoms with E-state index < -0.39 is 0 Å². The molecule has 0 atom stereocenters. The van der Waals surface area contributed by atoms with Gasteiger partial charge in [-0.2, -0.15) is 0 Å². The van der Waals surface area contributed by atoms with E-state index in [-0.39, 0.29) is 11.7 Å². The Bertz CT molecular complexity index is 346. The molecule has 1 aliphatic heterocycles. The largest absolute Gasteiger partial charge is 0.312 e. The van der Waals surface area contributed by atoms with Crippen LogP contribution in [0.4, 0.5) is 10.1 Å². The predicted octanol–water partition coefficient (Wildman–Crippen LogP) is 2.32. The molecule has 4 heteroatoms. The van der Waals surface area contributed by atoms with Crippen LogP contribution in [-0.2, 0) is 4.79 Å². The lowest BCUT2D eigenvalue weighted by atomic mass is 10.1. The highest BCUT2D eigenvalue weighted by Crippen LogP contribution is 2.26. The minimum absolute atomic E-state index is 0.0532. The van der Waals surface area contributed by atoms with Gasteiger partial charge in [0.25, 0.3) is 0 Å². The molecule has 0 bridgehead atoms. The fourth-order valence-corrected chi connectivity index (χ4v) is 1.74. The second-order valence-electron chi connectivity index (χ2n) is 2.92. The molecular formula is C9H7BrFNO. The molecule has 1 aromatic carbocycles. The number of benzene rings is 1. The number of hydrogen-bond acceptors (Lipinski definition) is 1. The summed E-state index contributed by atoms with van der Waals surface area (Å²) < 4.78 is 13.6. The summed E-state index contributed by atoms with van der Waals surface area (Å²) in [4.78, 5) is 12.6. The number of amides is 1. The van der Waals surface area contributed by atoms with Crippen molar-refractivity contribution in [2.45, 2.75) is 6.42 Å². The van der Waals surface area contributed by atoms with Crippen LogP contribution in [0.2, 0.25) is 0 Å². The normalized spacial score (nSPS) is 15.8.